The van der Waals surface area contributed by atoms with Crippen molar-refractivity contribution in [2.75, 3.05) is 13.2 Å². The Morgan fingerprint density at radius 1 is 0.929 bits per heavy atom. The van der Waals surface area contributed by atoms with E-state index < -0.39 is 11.9 Å². The van der Waals surface area contributed by atoms with E-state index in [1.165, 1.54) is 6.07 Å². The third-order valence-electron chi connectivity index (χ3n) is 6.46. The smallest absolute Gasteiger partial charge is 0.349 e. The van der Waals surface area contributed by atoms with E-state index in [0.29, 0.717) is 46.3 Å². The van der Waals surface area contributed by atoms with Gasteiger partial charge in [-0.05, 0) is 48.9 Å². The number of esters is 1. The third-order valence-corrected chi connectivity index (χ3v) is 6.46. The topological polar surface area (TPSA) is 113 Å². The van der Waals surface area contributed by atoms with E-state index >= 15 is 0 Å². The number of hydrogen-bond acceptors (Lipinski definition) is 8. The van der Waals surface area contributed by atoms with Crippen LogP contribution in [0.3, 0.4) is 0 Å². The first-order chi connectivity index (χ1) is 20.5. The summed E-state index contributed by atoms with van der Waals surface area (Å²) in [5.41, 5.74) is 8.13. The quantitative estimate of drug-likeness (QED) is 0.184. The molecule has 4 aromatic carbocycles. The summed E-state index contributed by atoms with van der Waals surface area (Å²) in [6, 6.07) is 27.6. The van der Waals surface area contributed by atoms with Gasteiger partial charge in [-0.2, -0.15) is 5.26 Å². The van der Waals surface area contributed by atoms with E-state index in [1.807, 2.05) is 13.0 Å². The number of allylic oxidation sites excluding steroid dienone is 1. The average Bonchev–Trinajstić information content (AvgIpc) is 3.00. The number of nitriles is 1. The minimum Gasteiger partial charge on any atom is -0.490 e. The molecule has 1 aliphatic heterocycles. The maximum Gasteiger partial charge on any atom is 0.349 e. The number of fused-ring (bicyclic) bond motifs is 1. The van der Waals surface area contributed by atoms with Crippen molar-refractivity contribution >= 4 is 5.97 Å². The molecule has 9 heteroatoms. The summed E-state index contributed by atoms with van der Waals surface area (Å²) < 4.78 is 42.5. The second kappa shape index (κ2) is 12.8. The fourth-order valence-corrected chi connectivity index (χ4v) is 4.52. The van der Waals surface area contributed by atoms with Gasteiger partial charge >= 0.3 is 5.97 Å². The van der Waals surface area contributed by atoms with E-state index in [0.717, 1.165) is 0 Å². The van der Waals surface area contributed by atoms with Gasteiger partial charge in [0.25, 0.3) is 0 Å². The highest BCUT2D eigenvalue weighted by Crippen LogP contribution is 2.45. The highest BCUT2D eigenvalue weighted by atomic mass is 19.1. The van der Waals surface area contributed by atoms with Crippen LogP contribution in [0.25, 0.3) is 0 Å². The molecular formula is C33H27FN2O6. The van der Waals surface area contributed by atoms with E-state index in [4.69, 9.17) is 29.4 Å². The lowest BCUT2D eigenvalue weighted by Crippen LogP contribution is -2.22. The highest BCUT2D eigenvalue weighted by Gasteiger charge is 2.32. The van der Waals surface area contributed by atoms with Gasteiger partial charge < -0.3 is 29.4 Å². The van der Waals surface area contributed by atoms with Gasteiger partial charge in [-0.15, -0.1) is 0 Å². The Morgan fingerprint density at radius 2 is 1.71 bits per heavy atom. The van der Waals surface area contributed by atoms with E-state index in [1.54, 1.807) is 78.9 Å². The van der Waals surface area contributed by atoms with Crippen LogP contribution in [-0.4, -0.2) is 19.2 Å². The van der Waals surface area contributed by atoms with Crippen LogP contribution in [0.2, 0.25) is 0 Å². The average molecular weight is 567 g/mol. The van der Waals surface area contributed by atoms with Crippen LogP contribution >= 0.6 is 0 Å². The van der Waals surface area contributed by atoms with Gasteiger partial charge in [-0.3, -0.25) is 0 Å². The van der Waals surface area contributed by atoms with Crippen LogP contribution < -0.4 is 29.4 Å². The lowest BCUT2D eigenvalue weighted by molar-refractivity contribution is -0.136. The van der Waals surface area contributed by atoms with Crippen LogP contribution in [0.1, 0.15) is 29.5 Å². The zero-order chi connectivity index (χ0) is 29.5. The van der Waals surface area contributed by atoms with E-state index in [9.17, 15) is 14.4 Å². The molecule has 0 amide bonds. The number of ether oxygens (including phenoxy) is 5. The van der Waals surface area contributed by atoms with Crippen molar-refractivity contribution < 1.29 is 32.9 Å². The normalized spacial score (nSPS) is 13.8. The standard InChI is InChI=1S/C33H27FN2O6/c1-2-38-30-16-21(12-15-28(30)40-19-22-8-6-7-11-27(22)34)32-25-14-13-24(17-29(25)42-33(36)26(32)18-35)41-31(37)20-39-23-9-4-3-5-10-23/h3-17,32H,2,19-20,36H2,1H3. The number of benzene rings is 4. The first kappa shape index (κ1) is 28.1. The van der Waals surface area contributed by atoms with Crippen LogP contribution in [0.4, 0.5) is 4.39 Å². The molecule has 1 atom stereocenters. The van der Waals surface area contributed by atoms with Gasteiger partial charge in [0.15, 0.2) is 18.1 Å². The Kier molecular flexibility index (Phi) is 8.54. The SMILES string of the molecule is CCOc1cc(C2C(C#N)=C(N)Oc3cc(OC(=O)COc4ccccc4)ccc32)ccc1OCc1ccccc1F. The molecule has 0 aromatic heterocycles. The molecule has 4 aromatic rings. The first-order valence-electron chi connectivity index (χ1n) is 13.2. The first-order valence-corrected chi connectivity index (χ1v) is 13.2. The zero-order valence-electron chi connectivity index (χ0n) is 22.7. The molecule has 1 heterocycles. The number of carbonyl (C=O) groups excluding carboxylic acids is 1. The van der Waals surface area contributed by atoms with Gasteiger partial charge in [0.2, 0.25) is 5.88 Å². The van der Waals surface area contributed by atoms with Crippen molar-refractivity contribution in [3.63, 3.8) is 0 Å². The number of halogens is 1. The lowest BCUT2D eigenvalue weighted by Gasteiger charge is -2.27. The molecule has 212 valence electrons. The predicted molar refractivity (Wildman–Crippen MR) is 152 cm³/mol. The summed E-state index contributed by atoms with van der Waals surface area (Å²) in [5, 5.41) is 9.97. The number of nitrogens with two attached hydrogens (primary N) is 1. The fraction of sp³-hybridized carbons (Fsp3) is 0.152. The third kappa shape index (κ3) is 6.29. The summed E-state index contributed by atoms with van der Waals surface area (Å²) in [4.78, 5) is 12.4. The molecule has 0 aliphatic carbocycles. The van der Waals surface area contributed by atoms with Crippen molar-refractivity contribution in [1.29, 1.82) is 5.26 Å². The number of hydrogen-bond donors (Lipinski definition) is 1. The Hall–Kier alpha value is -5.49. The zero-order valence-corrected chi connectivity index (χ0v) is 22.7. The Labute approximate surface area is 242 Å². The highest BCUT2D eigenvalue weighted by molar-refractivity contribution is 5.74. The molecule has 0 radical (unpaired) electrons. The molecule has 5 rings (SSSR count). The molecule has 1 aliphatic rings. The number of para-hydroxylation sites is 1. The Balaban J connectivity index is 1.39. The van der Waals surface area contributed by atoms with Crippen molar-refractivity contribution in [3.8, 4) is 34.8 Å². The molecule has 1 unspecified atom stereocenters. The molecule has 0 saturated carbocycles. The summed E-state index contributed by atoms with van der Waals surface area (Å²) in [5.74, 6) is 0.346. The lowest BCUT2D eigenvalue weighted by atomic mass is 9.83. The minimum absolute atomic E-state index is 0.0143. The molecule has 0 spiro atoms. The van der Waals surface area contributed by atoms with Gasteiger partial charge in [0.05, 0.1) is 12.5 Å². The monoisotopic (exact) mass is 566 g/mol. The van der Waals surface area contributed by atoms with Crippen molar-refractivity contribution in [1.82, 2.24) is 0 Å². The predicted octanol–water partition coefficient (Wildman–Crippen LogP) is 6.01. The molecule has 42 heavy (non-hydrogen) atoms. The van der Waals surface area contributed by atoms with Crippen LogP contribution in [0.15, 0.2) is 102 Å². The van der Waals surface area contributed by atoms with Crippen LogP contribution in [0.5, 0.6) is 28.7 Å². The number of nitrogens with zero attached hydrogens (tertiary/aromatic N) is 1. The maximum atomic E-state index is 14.1. The largest absolute Gasteiger partial charge is 0.490 e. The maximum absolute atomic E-state index is 14.1. The van der Waals surface area contributed by atoms with Crippen molar-refractivity contribution in [2.24, 2.45) is 5.73 Å². The molecule has 2 N–H and O–H groups in total. The molecular weight excluding hydrogens is 539 g/mol. The van der Waals surface area contributed by atoms with Crippen molar-refractivity contribution in [3.05, 3.63) is 125 Å². The molecule has 0 fully saturated rings. The van der Waals surface area contributed by atoms with Crippen LogP contribution in [0, 0.1) is 17.1 Å². The van der Waals surface area contributed by atoms with Crippen LogP contribution in [-0.2, 0) is 11.4 Å². The van der Waals surface area contributed by atoms with Gasteiger partial charge in [0.1, 0.15) is 41.3 Å². The molecule has 0 saturated heterocycles. The summed E-state index contributed by atoms with van der Waals surface area (Å²) in [7, 11) is 0. The van der Waals surface area contributed by atoms with E-state index in [-0.39, 0.29) is 36.2 Å². The van der Waals surface area contributed by atoms with Gasteiger partial charge in [-0.25, -0.2) is 9.18 Å². The molecule has 8 nitrogen and oxygen atoms in total. The second-order valence-corrected chi connectivity index (χ2v) is 9.22. The molecule has 0 bridgehead atoms. The van der Waals surface area contributed by atoms with E-state index in [2.05, 4.69) is 6.07 Å². The van der Waals surface area contributed by atoms with Gasteiger partial charge in [-0.1, -0.05) is 48.5 Å². The summed E-state index contributed by atoms with van der Waals surface area (Å²) >= 11 is 0. The fourth-order valence-electron chi connectivity index (χ4n) is 4.52. The number of carbonyl (C=O) groups is 1. The number of rotatable bonds is 10. The Bertz CT molecular complexity index is 1670. The second-order valence-electron chi connectivity index (χ2n) is 9.22. The summed E-state index contributed by atoms with van der Waals surface area (Å²) in [6.07, 6.45) is 0. The Morgan fingerprint density at radius 3 is 2.48 bits per heavy atom. The van der Waals surface area contributed by atoms with Crippen molar-refractivity contribution in [2.45, 2.75) is 19.4 Å². The summed E-state index contributed by atoms with van der Waals surface area (Å²) in [6.45, 7) is 1.93. The van der Waals surface area contributed by atoms with Gasteiger partial charge in [0, 0.05) is 17.2 Å². The minimum atomic E-state index is -0.597.